The molecule has 106 valence electrons. The molecule has 0 saturated heterocycles. The van der Waals surface area contributed by atoms with Gasteiger partial charge in [0.15, 0.2) is 0 Å². The Kier molecular flexibility index (Phi) is 3.99. The summed E-state index contributed by atoms with van der Waals surface area (Å²) < 4.78 is 21.8. The Morgan fingerprint density at radius 1 is 1.30 bits per heavy atom. The van der Waals surface area contributed by atoms with Gasteiger partial charge < -0.3 is 9.05 Å². The molecule has 2 rings (SSSR count). The summed E-state index contributed by atoms with van der Waals surface area (Å²) in [5.74, 6) is 0. The maximum Gasteiger partial charge on any atom is 0.378 e. The highest BCUT2D eigenvalue weighted by Crippen LogP contribution is 2.44. The van der Waals surface area contributed by atoms with Crippen molar-refractivity contribution in [3.8, 4) is 11.3 Å². The lowest BCUT2D eigenvalue weighted by Crippen LogP contribution is -2.08. The lowest BCUT2D eigenvalue weighted by molar-refractivity contribution is -0.384. The summed E-state index contributed by atoms with van der Waals surface area (Å²) in [5, 5.41) is 17.3. The van der Waals surface area contributed by atoms with Gasteiger partial charge in [-0.1, -0.05) is 12.1 Å². The molecule has 0 aliphatic rings. The molecule has 0 fully saturated rings. The molecule has 2 aromatic rings. The zero-order valence-corrected chi connectivity index (χ0v) is 11.7. The summed E-state index contributed by atoms with van der Waals surface area (Å²) >= 11 is 0. The molecule has 8 nitrogen and oxygen atoms in total. The first-order chi connectivity index (χ1) is 9.50. The third-order valence-electron chi connectivity index (χ3n) is 2.69. The van der Waals surface area contributed by atoms with Crippen molar-refractivity contribution in [1.29, 1.82) is 0 Å². The topological polar surface area (TPSA) is 107 Å². The second kappa shape index (κ2) is 5.54. The minimum Gasteiger partial charge on any atom is -0.308 e. The minimum absolute atomic E-state index is 0.0475. The summed E-state index contributed by atoms with van der Waals surface area (Å²) in [4.78, 5) is 10.2. The average Bonchev–Trinajstić information content (AvgIpc) is 2.97. The number of rotatable bonds is 5. The fourth-order valence-corrected chi connectivity index (χ4v) is 2.65. The highest BCUT2D eigenvalue weighted by molar-refractivity contribution is 7.61. The molecule has 0 aliphatic heterocycles. The van der Waals surface area contributed by atoms with Gasteiger partial charge in [0.05, 0.1) is 10.6 Å². The molecule has 0 saturated carbocycles. The number of non-ortho nitro benzene ring substituents is 1. The van der Waals surface area contributed by atoms with E-state index in [4.69, 9.17) is 9.05 Å². The fraction of sp³-hybridized carbons (Fsp3) is 0.182. The maximum atomic E-state index is 12.1. The molecule has 0 atom stereocenters. The van der Waals surface area contributed by atoms with Gasteiger partial charge in [0.25, 0.3) is 5.69 Å². The number of aromatic amines is 1. The zero-order valence-electron chi connectivity index (χ0n) is 10.8. The summed E-state index contributed by atoms with van der Waals surface area (Å²) in [6.45, 7) is 0. The van der Waals surface area contributed by atoms with Crippen LogP contribution in [0.4, 0.5) is 5.69 Å². The van der Waals surface area contributed by atoms with Crippen LogP contribution in [0.2, 0.25) is 0 Å². The molecule has 0 amide bonds. The second-order valence-corrected chi connectivity index (χ2v) is 6.02. The van der Waals surface area contributed by atoms with Crippen molar-refractivity contribution in [2.24, 2.45) is 0 Å². The van der Waals surface area contributed by atoms with Gasteiger partial charge in [-0.15, -0.1) is 0 Å². The number of H-pyrrole nitrogens is 1. The van der Waals surface area contributed by atoms with E-state index >= 15 is 0 Å². The van der Waals surface area contributed by atoms with Crippen LogP contribution in [0.5, 0.6) is 0 Å². The van der Waals surface area contributed by atoms with Crippen LogP contribution in [0.25, 0.3) is 11.3 Å². The first kappa shape index (κ1) is 14.4. The molecular formula is C11H12N3O5P. The van der Waals surface area contributed by atoms with E-state index in [1.807, 2.05) is 0 Å². The SMILES string of the molecule is COP(=O)(OC)c1cc(-c2cccc([N+](=O)[O-])c2)n[nH]1. The van der Waals surface area contributed by atoms with Crippen molar-refractivity contribution in [3.63, 3.8) is 0 Å². The Morgan fingerprint density at radius 2 is 2.00 bits per heavy atom. The van der Waals surface area contributed by atoms with Crippen molar-refractivity contribution >= 4 is 18.7 Å². The second-order valence-electron chi connectivity index (χ2n) is 3.81. The zero-order chi connectivity index (χ0) is 14.8. The van der Waals surface area contributed by atoms with Crippen molar-refractivity contribution < 1.29 is 18.5 Å². The smallest absolute Gasteiger partial charge is 0.308 e. The largest absolute Gasteiger partial charge is 0.378 e. The van der Waals surface area contributed by atoms with Crippen LogP contribution < -0.4 is 5.44 Å². The van der Waals surface area contributed by atoms with Crippen molar-refractivity contribution in [2.75, 3.05) is 14.2 Å². The van der Waals surface area contributed by atoms with E-state index in [9.17, 15) is 14.7 Å². The van der Waals surface area contributed by atoms with Gasteiger partial charge in [0, 0.05) is 31.9 Å². The van der Waals surface area contributed by atoms with E-state index < -0.39 is 12.5 Å². The van der Waals surface area contributed by atoms with Crippen LogP contribution in [0, 0.1) is 10.1 Å². The first-order valence-electron chi connectivity index (χ1n) is 5.52. The quantitative estimate of drug-likeness (QED) is 0.514. The standard InChI is InChI=1S/C11H12N3O5P/c1-18-20(17,19-2)11-7-10(12-13-11)8-4-3-5-9(6-8)14(15)16/h3-7H,1-2H3,(H,12,13). The van der Waals surface area contributed by atoms with Crippen LogP contribution in [0.3, 0.4) is 0 Å². The van der Waals surface area contributed by atoms with E-state index in [0.29, 0.717) is 11.3 Å². The number of nitro groups is 1. The van der Waals surface area contributed by atoms with Crippen molar-refractivity contribution in [3.05, 3.63) is 40.4 Å². The predicted octanol–water partition coefficient (Wildman–Crippen LogP) is 2.10. The lowest BCUT2D eigenvalue weighted by Gasteiger charge is -2.09. The molecule has 1 aromatic carbocycles. The van der Waals surface area contributed by atoms with Crippen LogP contribution in [0.1, 0.15) is 0 Å². The average molecular weight is 297 g/mol. The molecule has 1 N–H and O–H groups in total. The van der Waals surface area contributed by atoms with Gasteiger partial charge in [-0.3, -0.25) is 19.8 Å². The van der Waals surface area contributed by atoms with Crippen LogP contribution in [-0.4, -0.2) is 29.3 Å². The molecule has 1 heterocycles. The Balaban J connectivity index is 2.41. The van der Waals surface area contributed by atoms with Crippen molar-refractivity contribution in [2.45, 2.75) is 0 Å². The van der Waals surface area contributed by atoms with E-state index in [2.05, 4.69) is 10.2 Å². The molecule has 9 heteroatoms. The third-order valence-corrected chi connectivity index (χ3v) is 4.47. The van der Waals surface area contributed by atoms with Crippen LogP contribution in [0.15, 0.2) is 30.3 Å². The highest BCUT2D eigenvalue weighted by Gasteiger charge is 2.27. The van der Waals surface area contributed by atoms with Crippen LogP contribution in [-0.2, 0) is 13.6 Å². The number of nitro benzene ring substituents is 1. The van der Waals surface area contributed by atoms with Crippen molar-refractivity contribution in [1.82, 2.24) is 10.2 Å². The third kappa shape index (κ3) is 2.62. The molecule has 0 spiro atoms. The van der Waals surface area contributed by atoms with E-state index in [1.54, 1.807) is 12.1 Å². The Morgan fingerprint density at radius 3 is 2.60 bits per heavy atom. The summed E-state index contributed by atoms with van der Waals surface area (Å²) in [7, 11) is -0.892. The summed E-state index contributed by atoms with van der Waals surface area (Å²) in [5.41, 5.74) is 1.08. The predicted molar refractivity (Wildman–Crippen MR) is 71.9 cm³/mol. The summed E-state index contributed by atoms with van der Waals surface area (Å²) in [6, 6.07) is 7.45. The monoisotopic (exact) mass is 297 g/mol. The van der Waals surface area contributed by atoms with Gasteiger partial charge in [-0.2, -0.15) is 5.10 Å². The lowest BCUT2D eigenvalue weighted by atomic mass is 10.1. The number of hydrogen-bond acceptors (Lipinski definition) is 6. The number of nitrogens with one attached hydrogen (secondary N) is 1. The Labute approximate surface area is 114 Å². The normalized spacial score (nSPS) is 11.5. The Bertz CT molecular complexity index is 676. The maximum absolute atomic E-state index is 12.1. The molecule has 0 unspecified atom stereocenters. The highest BCUT2D eigenvalue weighted by atomic mass is 31.2. The minimum atomic E-state index is -3.42. The molecule has 0 aliphatic carbocycles. The van der Waals surface area contributed by atoms with Gasteiger partial charge >= 0.3 is 7.60 Å². The molecule has 20 heavy (non-hydrogen) atoms. The van der Waals surface area contributed by atoms with E-state index in [1.165, 1.54) is 32.4 Å². The molecule has 0 radical (unpaired) electrons. The van der Waals surface area contributed by atoms with Crippen LogP contribution >= 0.6 is 7.60 Å². The number of benzene rings is 1. The number of hydrogen-bond donors (Lipinski definition) is 1. The van der Waals surface area contributed by atoms with Gasteiger partial charge in [0.1, 0.15) is 5.44 Å². The van der Waals surface area contributed by atoms with Gasteiger partial charge in [0.2, 0.25) is 0 Å². The Hall–Kier alpha value is -2.02. The van der Waals surface area contributed by atoms with Gasteiger partial charge in [-0.25, -0.2) is 0 Å². The summed E-state index contributed by atoms with van der Waals surface area (Å²) in [6.07, 6.45) is 0. The number of aromatic nitrogens is 2. The van der Waals surface area contributed by atoms with E-state index in [-0.39, 0.29) is 11.1 Å². The molecule has 1 aromatic heterocycles. The molecule has 0 bridgehead atoms. The van der Waals surface area contributed by atoms with E-state index in [0.717, 1.165) is 0 Å². The fourth-order valence-electron chi connectivity index (χ4n) is 1.65. The first-order valence-corrected chi connectivity index (χ1v) is 7.07. The molecular weight excluding hydrogens is 285 g/mol. The van der Waals surface area contributed by atoms with Gasteiger partial charge in [-0.05, 0) is 6.07 Å². The number of nitrogens with zero attached hydrogens (tertiary/aromatic N) is 2.